The molecule has 0 aliphatic heterocycles. The number of non-ortho nitro benzene ring substituents is 1. The minimum absolute atomic E-state index is 0.134. The zero-order chi connectivity index (χ0) is 14.7. The third-order valence-electron chi connectivity index (χ3n) is 2.81. The van der Waals surface area contributed by atoms with Gasteiger partial charge in [-0.3, -0.25) is 24.5 Å². The van der Waals surface area contributed by atoms with E-state index in [0.717, 1.165) is 0 Å². The number of carbonyl (C=O) groups is 2. The van der Waals surface area contributed by atoms with Crippen molar-refractivity contribution in [3.63, 3.8) is 0 Å². The zero-order valence-corrected chi connectivity index (χ0v) is 10.5. The van der Waals surface area contributed by atoms with Crippen LogP contribution in [0.4, 0.5) is 5.69 Å². The second-order valence-electron chi connectivity index (χ2n) is 3.91. The van der Waals surface area contributed by atoms with E-state index in [4.69, 9.17) is 0 Å². The van der Waals surface area contributed by atoms with Gasteiger partial charge in [0.15, 0.2) is 6.29 Å². The molecule has 7 nitrogen and oxygen atoms in total. The summed E-state index contributed by atoms with van der Waals surface area (Å²) in [5.74, 6) is -0.582. The Bertz CT molecular complexity index is 711. The Morgan fingerprint density at radius 2 is 2.10 bits per heavy atom. The molecular formula is C13H10N2O5. The highest BCUT2D eigenvalue weighted by Crippen LogP contribution is 2.30. The van der Waals surface area contributed by atoms with Crippen LogP contribution in [0.5, 0.6) is 0 Å². The first-order chi connectivity index (χ1) is 9.60. The van der Waals surface area contributed by atoms with Crippen LogP contribution in [-0.2, 0) is 4.84 Å². The lowest BCUT2D eigenvalue weighted by Gasteiger charge is -2.08. The Balaban J connectivity index is 2.83. The number of fused-ring (bicyclic) bond motifs is 1. The number of hydrogen-bond donors (Lipinski definition) is 1. The lowest BCUT2D eigenvalue weighted by Crippen LogP contribution is -2.22. The van der Waals surface area contributed by atoms with E-state index in [1.54, 1.807) is 0 Å². The van der Waals surface area contributed by atoms with Crippen LogP contribution in [0.2, 0.25) is 0 Å². The van der Waals surface area contributed by atoms with Crippen LogP contribution < -0.4 is 5.48 Å². The number of amides is 1. The highest BCUT2D eigenvalue weighted by molar-refractivity contribution is 6.14. The molecule has 0 saturated carbocycles. The van der Waals surface area contributed by atoms with Crippen LogP contribution in [0.3, 0.4) is 0 Å². The summed E-state index contributed by atoms with van der Waals surface area (Å²) < 4.78 is 0. The molecule has 2 aromatic rings. The van der Waals surface area contributed by atoms with Crippen LogP contribution in [0.1, 0.15) is 20.7 Å². The summed E-state index contributed by atoms with van der Waals surface area (Å²) in [6.45, 7) is 0. The van der Waals surface area contributed by atoms with Gasteiger partial charge in [-0.05, 0) is 18.2 Å². The van der Waals surface area contributed by atoms with Crippen molar-refractivity contribution in [1.82, 2.24) is 5.48 Å². The molecule has 0 atom stereocenters. The van der Waals surface area contributed by atoms with Gasteiger partial charge in [-0.15, -0.1) is 0 Å². The number of benzene rings is 2. The molecule has 2 aromatic carbocycles. The first-order valence-corrected chi connectivity index (χ1v) is 5.58. The molecule has 0 spiro atoms. The molecule has 1 N–H and O–H groups in total. The lowest BCUT2D eigenvalue weighted by molar-refractivity contribution is -0.383. The first-order valence-electron chi connectivity index (χ1n) is 5.58. The van der Waals surface area contributed by atoms with Crippen molar-refractivity contribution in [1.29, 1.82) is 0 Å². The molecule has 0 aliphatic rings. The number of carbonyl (C=O) groups excluding carboxylic acids is 2. The topological polar surface area (TPSA) is 98.5 Å². The molecule has 0 radical (unpaired) electrons. The van der Waals surface area contributed by atoms with Gasteiger partial charge in [0.05, 0.1) is 23.0 Å². The SMILES string of the molecule is CONC(=O)c1cccc2c([N+](=O)[O-])ccc(C=O)c12. The van der Waals surface area contributed by atoms with E-state index in [-0.39, 0.29) is 27.6 Å². The molecule has 0 unspecified atom stereocenters. The highest BCUT2D eigenvalue weighted by atomic mass is 16.6. The predicted molar refractivity (Wildman–Crippen MR) is 70.5 cm³/mol. The number of aldehydes is 1. The monoisotopic (exact) mass is 274 g/mol. The fourth-order valence-electron chi connectivity index (χ4n) is 2.01. The number of hydrogen-bond acceptors (Lipinski definition) is 5. The fraction of sp³-hybridized carbons (Fsp3) is 0.0769. The van der Waals surface area contributed by atoms with E-state index in [2.05, 4.69) is 10.3 Å². The maximum absolute atomic E-state index is 11.9. The van der Waals surface area contributed by atoms with E-state index in [9.17, 15) is 19.7 Å². The molecule has 1 amide bonds. The van der Waals surface area contributed by atoms with Gasteiger partial charge >= 0.3 is 0 Å². The van der Waals surface area contributed by atoms with Crippen LogP contribution in [0, 0.1) is 10.1 Å². The molecule has 0 saturated heterocycles. The van der Waals surface area contributed by atoms with Crippen LogP contribution in [0.15, 0.2) is 30.3 Å². The van der Waals surface area contributed by atoms with Crippen molar-refractivity contribution in [2.24, 2.45) is 0 Å². The molecule has 0 aromatic heterocycles. The Morgan fingerprint density at radius 1 is 1.35 bits per heavy atom. The van der Waals surface area contributed by atoms with Crippen LogP contribution in [0.25, 0.3) is 10.8 Å². The maximum atomic E-state index is 11.9. The van der Waals surface area contributed by atoms with E-state index < -0.39 is 10.8 Å². The average Bonchev–Trinajstić information content (AvgIpc) is 2.45. The van der Waals surface area contributed by atoms with Crippen molar-refractivity contribution >= 4 is 28.7 Å². The number of rotatable bonds is 4. The second kappa shape index (κ2) is 5.45. The Hall–Kier alpha value is -2.80. The Kier molecular flexibility index (Phi) is 3.72. The number of nitro benzene ring substituents is 1. The van der Waals surface area contributed by atoms with Crippen molar-refractivity contribution in [2.45, 2.75) is 0 Å². The van der Waals surface area contributed by atoms with Crippen molar-refractivity contribution in [3.05, 3.63) is 51.6 Å². The van der Waals surface area contributed by atoms with Gasteiger partial charge in [0, 0.05) is 17.0 Å². The molecule has 2 rings (SSSR count). The van der Waals surface area contributed by atoms with Crippen molar-refractivity contribution < 1.29 is 19.3 Å². The summed E-state index contributed by atoms with van der Waals surface area (Å²) in [6.07, 6.45) is 0.551. The minimum Gasteiger partial charge on any atom is -0.298 e. The van der Waals surface area contributed by atoms with E-state index in [0.29, 0.717) is 6.29 Å². The lowest BCUT2D eigenvalue weighted by atomic mass is 9.98. The molecule has 20 heavy (non-hydrogen) atoms. The molecule has 0 aliphatic carbocycles. The summed E-state index contributed by atoms with van der Waals surface area (Å²) in [7, 11) is 1.27. The van der Waals surface area contributed by atoms with E-state index in [1.807, 2.05) is 0 Å². The second-order valence-corrected chi connectivity index (χ2v) is 3.91. The molecule has 7 heteroatoms. The predicted octanol–water partition coefficient (Wildman–Crippen LogP) is 1.85. The van der Waals surface area contributed by atoms with Gasteiger partial charge in [-0.2, -0.15) is 0 Å². The molecule has 0 bridgehead atoms. The van der Waals surface area contributed by atoms with Crippen molar-refractivity contribution in [3.8, 4) is 0 Å². The molecule has 102 valence electrons. The summed E-state index contributed by atoms with van der Waals surface area (Å²) in [5, 5.41) is 11.5. The number of nitro groups is 1. The molecule has 0 fully saturated rings. The smallest absolute Gasteiger partial charge is 0.277 e. The average molecular weight is 274 g/mol. The summed E-state index contributed by atoms with van der Waals surface area (Å²) in [5.41, 5.74) is 2.30. The van der Waals surface area contributed by atoms with Crippen LogP contribution in [-0.4, -0.2) is 24.2 Å². The van der Waals surface area contributed by atoms with Gasteiger partial charge in [0.2, 0.25) is 0 Å². The third kappa shape index (κ3) is 2.21. The van der Waals surface area contributed by atoms with Gasteiger partial charge < -0.3 is 0 Å². The van der Waals surface area contributed by atoms with Gasteiger partial charge in [0.1, 0.15) is 0 Å². The number of nitrogens with one attached hydrogen (secondary N) is 1. The van der Waals surface area contributed by atoms with Crippen LogP contribution >= 0.6 is 0 Å². The third-order valence-corrected chi connectivity index (χ3v) is 2.81. The standard InChI is InChI=1S/C13H10N2O5/c1-20-14-13(17)10-4-2-3-9-11(15(18)19)6-5-8(7-16)12(9)10/h2-7H,1H3,(H,14,17). The Morgan fingerprint density at radius 3 is 2.70 bits per heavy atom. The fourth-order valence-corrected chi connectivity index (χ4v) is 2.01. The van der Waals surface area contributed by atoms with E-state index >= 15 is 0 Å². The normalized spacial score (nSPS) is 10.2. The zero-order valence-electron chi connectivity index (χ0n) is 10.5. The highest BCUT2D eigenvalue weighted by Gasteiger charge is 2.19. The minimum atomic E-state index is -0.582. The van der Waals surface area contributed by atoms with Crippen molar-refractivity contribution in [2.75, 3.05) is 7.11 Å². The first kappa shape index (κ1) is 13.6. The summed E-state index contributed by atoms with van der Waals surface area (Å²) in [4.78, 5) is 38.0. The molecule has 0 heterocycles. The number of hydroxylamine groups is 1. The maximum Gasteiger partial charge on any atom is 0.277 e. The molecular weight excluding hydrogens is 264 g/mol. The quantitative estimate of drug-likeness (QED) is 0.521. The van der Waals surface area contributed by atoms with Gasteiger partial charge in [-0.25, -0.2) is 5.48 Å². The largest absolute Gasteiger partial charge is 0.298 e. The van der Waals surface area contributed by atoms with Gasteiger partial charge in [-0.1, -0.05) is 6.07 Å². The Labute approximate surface area is 113 Å². The summed E-state index contributed by atoms with van der Waals surface area (Å²) in [6, 6.07) is 7.02. The van der Waals surface area contributed by atoms with E-state index in [1.165, 1.54) is 37.4 Å². The number of nitrogens with zero attached hydrogens (tertiary/aromatic N) is 1. The van der Waals surface area contributed by atoms with Gasteiger partial charge in [0.25, 0.3) is 11.6 Å². The summed E-state index contributed by atoms with van der Waals surface area (Å²) >= 11 is 0.